The van der Waals surface area contributed by atoms with Gasteiger partial charge in [0.2, 0.25) is 0 Å². The lowest BCUT2D eigenvalue weighted by Crippen LogP contribution is -2.61. The van der Waals surface area contributed by atoms with Gasteiger partial charge in [-0.05, 0) is 34.1 Å². The molecule has 0 aromatic carbocycles. The third-order valence-corrected chi connectivity index (χ3v) is 5.31. The normalized spacial score (nSPS) is 29.7. The van der Waals surface area contributed by atoms with Crippen molar-refractivity contribution in [2.24, 2.45) is 0 Å². The van der Waals surface area contributed by atoms with E-state index >= 15 is 0 Å². The highest BCUT2D eigenvalue weighted by atomic mass is 32.1. The first-order valence-electron chi connectivity index (χ1n) is 6.86. The number of thiazole rings is 1. The van der Waals surface area contributed by atoms with Crippen LogP contribution in [0.4, 0.5) is 0 Å². The van der Waals surface area contributed by atoms with Crippen LogP contribution in [0.25, 0.3) is 0 Å². The number of hydrogen-bond donors (Lipinski definition) is 1. The van der Waals surface area contributed by atoms with E-state index in [1.54, 1.807) is 0 Å². The van der Waals surface area contributed by atoms with Crippen LogP contribution in [0, 0.1) is 13.8 Å². The zero-order chi connectivity index (χ0) is 13.3. The molecule has 1 aliphatic rings. The topological polar surface area (TPSA) is 28.2 Å². The summed E-state index contributed by atoms with van der Waals surface area (Å²) in [5.41, 5.74) is 1.45. The molecule has 18 heavy (non-hydrogen) atoms. The van der Waals surface area contributed by atoms with Crippen molar-refractivity contribution in [3.05, 3.63) is 15.6 Å². The zero-order valence-corrected chi connectivity index (χ0v) is 13.0. The van der Waals surface area contributed by atoms with Gasteiger partial charge in [0.05, 0.1) is 12.2 Å². The van der Waals surface area contributed by atoms with Gasteiger partial charge in [-0.2, -0.15) is 0 Å². The van der Waals surface area contributed by atoms with Gasteiger partial charge in [0, 0.05) is 29.5 Å². The molecule has 1 aromatic rings. The molecule has 0 bridgehead atoms. The molecule has 1 N–H and O–H groups in total. The van der Waals surface area contributed by atoms with E-state index in [2.05, 4.69) is 49.8 Å². The Kier molecular flexibility index (Phi) is 4.09. The average Bonchev–Trinajstić information content (AvgIpc) is 2.63. The molecular weight excluding hydrogens is 242 g/mol. The molecule has 4 heteroatoms. The molecule has 1 fully saturated rings. The number of rotatable bonds is 3. The van der Waals surface area contributed by atoms with Crippen LogP contribution >= 0.6 is 11.3 Å². The molecule has 0 aliphatic carbocycles. The lowest BCUT2D eigenvalue weighted by atomic mass is 9.92. The number of aromatic nitrogens is 1. The summed E-state index contributed by atoms with van der Waals surface area (Å²) < 4.78 is 0. The molecule has 0 amide bonds. The lowest BCUT2D eigenvalue weighted by Gasteiger charge is -2.47. The van der Waals surface area contributed by atoms with Crippen LogP contribution in [0.15, 0.2) is 0 Å². The number of nitrogens with one attached hydrogen (secondary N) is 1. The van der Waals surface area contributed by atoms with Crippen molar-refractivity contribution in [3.8, 4) is 0 Å². The van der Waals surface area contributed by atoms with Crippen LogP contribution in [0.5, 0.6) is 0 Å². The van der Waals surface area contributed by atoms with Crippen molar-refractivity contribution in [1.82, 2.24) is 15.2 Å². The molecule has 2 unspecified atom stereocenters. The Labute approximate surface area is 115 Å². The monoisotopic (exact) mass is 267 g/mol. The van der Waals surface area contributed by atoms with Gasteiger partial charge in [0.15, 0.2) is 0 Å². The van der Waals surface area contributed by atoms with E-state index in [4.69, 9.17) is 0 Å². The highest BCUT2D eigenvalue weighted by molar-refractivity contribution is 7.11. The molecule has 1 aromatic heterocycles. The molecule has 1 aliphatic heterocycles. The molecule has 0 radical (unpaired) electrons. The van der Waals surface area contributed by atoms with Crippen LogP contribution in [0.2, 0.25) is 0 Å². The molecule has 0 spiro atoms. The zero-order valence-electron chi connectivity index (χ0n) is 12.2. The third-order valence-electron chi connectivity index (χ3n) is 4.25. The fourth-order valence-electron chi connectivity index (χ4n) is 2.50. The van der Waals surface area contributed by atoms with Gasteiger partial charge in [-0.1, -0.05) is 6.92 Å². The molecular formula is C14H25N3S. The summed E-state index contributed by atoms with van der Waals surface area (Å²) in [7, 11) is 0. The Morgan fingerprint density at radius 1 is 1.50 bits per heavy atom. The van der Waals surface area contributed by atoms with Gasteiger partial charge >= 0.3 is 0 Å². The molecule has 2 atom stereocenters. The molecule has 1 saturated heterocycles. The fourth-order valence-corrected chi connectivity index (χ4v) is 3.45. The van der Waals surface area contributed by atoms with E-state index in [1.165, 1.54) is 22.0 Å². The van der Waals surface area contributed by atoms with Crippen molar-refractivity contribution in [2.45, 2.75) is 59.2 Å². The quantitative estimate of drug-likeness (QED) is 0.912. The third kappa shape index (κ3) is 2.76. The average molecular weight is 267 g/mol. The van der Waals surface area contributed by atoms with E-state index in [9.17, 15) is 0 Å². The minimum atomic E-state index is 0.264. The largest absolute Gasteiger partial charge is 0.311 e. The number of hydrogen-bond acceptors (Lipinski definition) is 4. The SMILES string of the molecule is CCC1(C)CNC(C)CN1Cc1nc(C)c(C)s1. The van der Waals surface area contributed by atoms with E-state index < -0.39 is 0 Å². The number of piperazine rings is 1. The van der Waals surface area contributed by atoms with Crippen molar-refractivity contribution in [2.75, 3.05) is 13.1 Å². The molecule has 0 saturated carbocycles. The summed E-state index contributed by atoms with van der Waals surface area (Å²) in [4.78, 5) is 8.64. The first-order chi connectivity index (χ1) is 8.44. The molecule has 2 rings (SSSR count). The first-order valence-corrected chi connectivity index (χ1v) is 7.67. The molecule has 102 valence electrons. The van der Waals surface area contributed by atoms with E-state index in [1.807, 2.05) is 11.3 Å². The van der Waals surface area contributed by atoms with Crippen LogP contribution < -0.4 is 5.32 Å². The van der Waals surface area contributed by atoms with Gasteiger partial charge in [0.1, 0.15) is 5.01 Å². The number of nitrogens with zero attached hydrogens (tertiary/aromatic N) is 2. The Balaban J connectivity index is 2.14. The highest BCUT2D eigenvalue weighted by Gasteiger charge is 2.35. The Bertz CT molecular complexity index is 396. The lowest BCUT2D eigenvalue weighted by molar-refractivity contribution is 0.0452. The fraction of sp³-hybridized carbons (Fsp3) is 0.786. The van der Waals surface area contributed by atoms with Gasteiger partial charge < -0.3 is 5.32 Å². The molecule has 2 heterocycles. The van der Waals surface area contributed by atoms with E-state index in [0.29, 0.717) is 6.04 Å². The maximum atomic E-state index is 4.69. The second kappa shape index (κ2) is 5.27. The van der Waals surface area contributed by atoms with Gasteiger partial charge in [-0.15, -0.1) is 11.3 Å². The summed E-state index contributed by atoms with van der Waals surface area (Å²) in [6, 6.07) is 0.576. The predicted octanol–water partition coefficient (Wildman–Crippen LogP) is 2.72. The highest BCUT2D eigenvalue weighted by Crippen LogP contribution is 2.27. The second-order valence-corrected chi connectivity index (χ2v) is 7.05. The Morgan fingerprint density at radius 3 is 2.78 bits per heavy atom. The Morgan fingerprint density at radius 2 is 2.22 bits per heavy atom. The van der Waals surface area contributed by atoms with Crippen molar-refractivity contribution >= 4 is 11.3 Å². The Hall–Kier alpha value is -0.450. The minimum Gasteiger partial charge on any atom is -0.311 e. The maximum absolute atomic E-state index is 4.69. The summed E-state index contributed by atoms with van der Waals surface area (Å²) in [5, 5.41) is 4.86. The van der Waals surface area contributed by atoms with Gasteiger partial charge in [-0.25, -0.2) is 4.98 Å². The van der Waals surface area contributed by atoms with E-state index in [-0.39, 0.29) is 5.54 Å². The minimum absolute atomic E-state index is 0.264. The van der Waals surface area contributed by atoms with Gasteiger partial charge in [0.25, 0.3) is 0 Å². The number of aryl methyl sites for hydroxylation is 2. The molecule has 3 nitrogen and oxygen atoms in total. The summed E-state index contributed by atoms with van der Waals surface area (Å²) in [5.74, 6) is 0. The van der Waals surface area contributed by atoms with Crippen LogP contribution in [0.3, 0.4) is 0 Å². The smallest absolute Gasteiger partial charge is 0.107 e. The first kappa shape index (κ1) is 14.0. The standard InChI is InChI=1S/C14H25N3S/c1-6-14(5)9-15-10(2)7-17(14)8-13-16-11(3)12(4)18-13/h10,15H,6-9H2,1-5H3. The predicted molar refractivity (Wildman–Crippen MR) is 78.2 cm³/mol. The van der Waals surface area contributed by atoms with Crippen LogP contribution in [-0.4, -0.2) is 34.6 Å². The van der Waals surface area contributed by atoms with E-state index in [0.717, 1.165) is 19.6 Å². The maximum Gasteiger partial charge on any atom is 0.107 e. The van der Waals surface area contributed by atoms with Crippen molar-refractivity contribution < 1.29 is 0 Å². The summed E-state index contributed by atoms with van der Waals surface area (Å²) >= 11 is 1.85. The van der Waals surface area contributed by atoms with Crippen molar-refractivity contribution in [1.29, 1.82) is 0 Å². The summed E-state index contributed by atoms with van der Waals surface area (Å²) in [6.45, 7) is 14.4. The second-order valence-electron chi connectivity index (χ2n) is 5.76. The van der Waals surface area contributed by atoms with Crippen LogP contribution in [0.1, 0.15) is 42.8 Å². The van der Waals surface area contributed by atoms with Crippen LogP contribution in [-0.2, 0) is 6.54 Å². The van der Waals surface area contributed by atoms with Gasteiger partial charge in [-0.3, -0.25) is 4.90 Å². The summed E-state index contributed by atoms with van der Waals surface area (Å²) in [6.07, 6.45) is 1.18. The van der Waals surface area contributed by atoms with Crippen molar-refractivity contribution in [3.63, 3.8) is 0 Å².